The molecular formula is C9H17N3O4. The minimum atomic E-state index is -1.31. The predicted molar refractivity (Wildman–Crippen MR) is 56.2 cm³/mol. The van der Waals surface area contributed by atoms with E-state index in [0.29, 0.717) is 0 Å². The molecule has 1 unspecified atom stereocenters. The maximum atomic E-state index is 11.6. The molecule has 92 valence electrons. The molecule has 0 spiro atoms. The first-order chi connectivity index (χ1) is 7.20. The smallest absolute Gasteiger partial charge is 0.326 e. The lowest BCUT2D eigenvalue weighted by Gasteiger charge is -2.23. The Morgan fingerprint density at radius 2 is 1.88 bits per heavy atom. The van der Waals surface area contributed by atoms with Crippen molar-refractivity contribution in [3.63, 3.8) is 0 Å². The zero-order valence-corrected chi connectivity index (χ0v) is 9.32. The molecule has 16 heavy (non-hydrogen) atoms. The summed E-state index contributed by atoms with van der Waals surface area (Å²) in [6.07, 6.45) is -0.443. The Hall–Kier alpha value is -1.63. The number of nitrogens with one attached hydrogen (secondary N) is 1. The molecule has 0 bridgehead atoms. The Bertz CT molecular complexity index is 301. The van der Waals surface area contributed by atoms with Crippen molar-refractivity contribution >= 4 is 17.8 Å². The Labute approximate surface area is 93.2 Å². The van der Waals surface area contributed by atoms with Gasteiger partial charge in [-0.3, -0.25) is 9.59 Å². The Morgan fingerprint density at radius 3 is 2.19 bits per heavy atom. The first-order valence-electron chi connectivity index (χ1n) is 4.73. The number of carbonyl (C=O) groups excluding carboxylic acids is 2. The normalized spacial score (nSPS) is 12.9. The van der Waals surface area contributed by atoms with E-state index in [1.165, 1.54) is 0 Å². The molecule has 0 aliphatic heterocycles. The van der Waals surface area contributed by atoms with Crippen molar-refractivity contribution in [2.45, 2.75) is 26.3 Å². The van der Waals surface area contributed by atoms with Gasteiger partial charge in [0.05, 0.1) is 11.8 Å². The van der Waals surface area contributed by atoms with Gasteiger partial charge in [-0.1, -0.05) is 0 Å². The standard InChI is InChI=1S/C9H17N3O4/c1-9(2,4-10)8(16)12-5(7(14)15)3-6(11)13/h5H,3-4,10H2,1-2H3,(H2,11,13)(H,12,16)(H,14,15). The van der Waals surface area contributed by atoms with Gasteiger partial charge in [-0.2, -0.15) is 0 Å². The third kappa shape index (κ3) is 4.26. The molecule has 0 aromatic rings. The number of carboxylic acids is 1. The van der Waals surface area contributed by atoms with Gasteiger partial charge in [0.25, 0.3) is 0 Å². The van der Waals surface area contributed by atoms with Gasteiger partial charge in [-0.15, -0.1) is 0 Å². The quantitative estimate of drug-likeness (QED) is 0.437. The number of amides is 2. The van der Waals surface area contributed by atoms with E-state index in [1.807, 2.05) is 0 Å². The molecule has 0 fully saturated rings. The number of carboxylic acid groups (broad SMARTS) is 1. The van der Waals surface area contributed by atoms with Gasteiger partial charge >= 0.3 is 5.97 Å². The second-order valence-electron chi connectivity index (χ2n) is 4.12. The number of hydrogen-bond acceptors (Lipinski definition) is 4. The summed E-state index contributed by atoms with van der Waals surface area (Å²) in [4.78, 5) is 32.9. The first kappa shape index (κ1) is 14.4. The molecule has 6 N–H and O–H groups in total. The summed E-state index contributed by atoms with van der Waals surface area (Å²) >= 11 is 0. The van der Waals surface area contributed by atoms with Crippen LogP contribution in [0.25, 0.3) is 0 Å². The van der Waals surface area contributed by atoms with Crippen LogP contribution >= 0.6 is 0 Å². The van der Waals surface area contributed by atoms with Gasteiger partial charge < -0.3 is 21.9 Å². The molecule has 1 atom stereocenters. The fourth-order valence-electron chi connectivity index (χ4n) is 0.848. The molecule has 7 nitrogen and oxygen atoms in total. The van der Waals surface area contributed by atoms with Crippen molar-refractivity contribution in [3.8, 4) is 0 Å². The van der Waals surface area contributed by atoms with Gasteiger partial charge in [-0.05, 0) is 13.8 Å². The highest BCUT2D eigenvalue weighted by Crippen LogP contribution is 2.13. The van der Waals surface area contributed by atoms with E-state index in [-0.39, 0.29) is 6.54 Å². The molecule has 0 aliphatic rings. The molecule has 0 saturated heterocycles. The summed E-state index contributed by atoms with van der Waals surface area (Å²) in [5.41, 5.74) is 9.35. The number of primary amides is 1. The van der Waals surface area contributed by atoms with E-state index in [1.54, 1.807) is 13.8 Å². The van der Waals surface area contributed by atoms with Crippen LogP contribution in [0.15, 0.2) is 0 Å². The number of nitrogens with two attached hydrogens (primary N) is 2. The molecule has 0 radical (unpaired) electrons. The summed E-state index contributed by atoms with van der Waals surface area (Å²) < 4.78 is 0. The molecule has 0 rings (SSSR count). The van der Waals surface area contributed by atoms with Crippen LogP contribution in [0, 0.1) is 5.41 Å². The van der Waals surface area contributed by atoms with Gasteiger partial charge in [0, 0.05) is 6.54 Å². The minimum Gasteiger partial charge on any atom is -0.480 e. The maximum absolute atomic E-state index is 11.6. The third-order valence-corrected chi connectivity index (χ3v) is 2.13. The van der Waals surface area contributed by atoms with Crippen molar-refractivity contribution in [1.82, 2.24) is 5.32 Å². The number of aliphatic carboxylic acids is 1. The highest BCUT2D eigenvalue weighted by molar-refractivity contribution is 5.90. The van der Waals surface area contributed by atoms with Crippen LogP contribution in [0.1, 0.15) is 20.3 Å². The second-order valence-corrected chi connectivity index (χ2v) is 4.12. The van der Waals surface area contributed by atoms with Crippen molar-refractivity contribution in [3.05, 3.63) is 0 Å². The number of carbonyl (C=O) groups is 3. The first-order valence-corrected chi connectivity index (χ1v) is 4.73. The fraction of sp³-hybridized carbons (Fsp3) is 0.667. The lowest BCUT2D eigenvalue weighted by Crippen LogP contribution is -2.50. The van der Waals surface area contributed by atoms with Crippen LogP contribution in [0.3, 0.4) is 0 Å². The average Bonchev–Trinajstić information content (AvgIpc) is 2.15. The predicted octanol–water partition coefficient (Wildman–Crippen LogP) is -1.58. The van der Waals surface area contributed by atoms with Crippen LogP contribution in [-0.4, -0.2) is 35.5 Å². The van der Waals surface area contributed by atoms with E-state index >= 15 is 0 Å². The Balaban J connectivity index is 4.58. The highest BCUT2D eigenvalue weighted by atomic mass is 16.4. The van der Waals surface area contributed by atoms with Crippen molar-refractivity contribution in [2.24, 2.45) is 16.9 Å². The molecular weight excluding hydrogens is 214 g/mol. The van der Waals surface area contributed by atoms with E-state index in [4.69, 9.17) is 16.6 Å². The average molecular weight is 231 g/mol. The summed E-state index contributed by atoms with van der Waals surface area (Å²) in [5.74, 6) is -2.62. The van der Waals surface area contributed by atoms with Crippen molar-refractivity contribution in [2.75, 3.05) is 6.54 Å². The number of hydrogen-bond donors (Lipinski definition) is 4. The lowest BCUT2D eigenvalue weighted by atomic mass is 9.92. The summed E-state index contributed by atoms with van der Waals surface area (Å²) in [6, 6.07) is -1.31. The molecule has 7 heteroatoms. The third-order valence-electron chi connectivity index (χ3n) is 2.13. The minimum absolute atomic E-state index is 0.0712. The topological polar surface area (TPSA) is 136 Å². The molecule has 0 aromatic carbocycles. The van der Waals surface area contributed by atoms with Crippen LogP contribution in [0.2, 0.25) is 0 Å². The van der Waals surface area contributed by atoms with Gasteiger partial charge in [0.1, 0.15) is 6.04 Å². The van der Waals surface area contributed by atoms with E-state index in [9.17, 15) is 14.4 Å². The van der Waals surface area contributed by atoms with Crippen LogP contribution < -0.4 is 16.8 Å². The zero-order chi connectivity index (χ0) is 12.9. The van der Waals surface area contributed by atoms with Crippen molar-refractivity contribution < 1.29 is 19.5 Å². The van der Waals surface area contributed by atoms with Crippen LogP contribution in [-0.2, 0) is 14.4 Å². The molecule has 0 aliphatic carbocycles. The van der Waals surface area contributed by atoms with Gasteiger partial charge in [0.15, 0.2) is 0 Å². The SMILES string of the molecule is CC(C)(CN)C(=O)NC(CC(N)=O)C(=O)O. The van der Waals surface area contributed by atoms with Crippen LogP contribution in [0.4, 0.5) is 0 Å². The van der Waals surface area contributed by atoms with E-state index in [2.05, 4.69) is 5.32 Å². The Morgan fingerprint density at radius 1 is 1.38 bits per heavy atom. The largest absolute Gasteiger partial charge is 0.480 e. The molecule has 2 amide bonds. The summed E-state index contributed by atoms with van der Waals surface area (Å²) in [6.45, 7) is 3.22. The van der Waals surface area contributed by atoms with E-state index in [0.717, 1.165) is 0 Å². The van der Waals surface area contributed by atoms with Crippen LogP contribution in [0.5, 0.6) is 0 Å². The zero-order valence-electron chi connectivity index (χ0n) is 9.32. The fourth-order valence-corrected chi connectivity index (χ4v) is 0.848. The molecule has 0 aromatic heterocycles. The Kier molecular flexibility index (Phi) is 4.90. The summed E-state index contributed by atoms with van der Waals surface area (Å²) in [5, 5.41) is 11.0. The summed E-state index contributed by atoms with van der Waals surface area (Å²) in [7, 11) is 0. The van der Waals surface area contributed by atoms with Crippen molar-refractivity contribution in [1.29, 1.82) is 0 Å². The maximum Gasteiger partial charge on any atom is 0.326 e. The second kappa shape index (κ2) is 5.45. The van der Waals surface area contributed by atoms with Gasteiger partial charge in [0.2, 0.25) is 11.8 Å². The van der Waals surface area contributed by atoms with E-state index < -0.39 is 35.7 Å². The monoisotopic (exact) mass is 231 g/mol. The van der Waals surface area contributed by atoms with Gasteiger partial charge in [-0.25, -0.2) is 4.79 Å². The lowest BCUT2D eigenvalue weighted by molar-refractivity contribution is -0.144. The highest BCUT2D eigenvalue weighted by Gasteiger charge is 2.30. The molecule has 0 saturated carbocycles. The number of rotatable bonds is 6. The molecule has 0 heterocycles.